The Morgan fingerprint density at radius 2 is 1.84 bits per heavy atom. The monoisotopic (exact) mass is 341 g/mol. The minimum atomic E-state index is -0.148. The minimum absolute atomic E-state index is 0.148. The van der Waals surface area contributed by atoms with E-state index in [4.69, 9.17) is 0 Å². The molecule has 6 heteroatoms. The molecule has 1 fully saturated rings. The van der Waals surface area contributed by atoms with E-state index in [1.165, 1.54) is 18.5 Å². The van der Waals surface area contributed by atoms with Gasteiger partial charge in [-0.15, -0.1) is 0 Å². The SMILES string of the molecule is CN1CCCN(Cc2ccc(CNC(=O)c3nccn3C)cc2)CC1. The van der Waals surface area contributed by atoms with Crippen molar-refractivity contribution in [2.75, 3.05) is 33.2 Å². The molecule has 0 radical (unpaired) electrons. The van der Waals surface area contributed by atoms with Gasteiger partial charge in [0.05, 0.1) is 0 Å². The Morgan fingerprint density at radius 1 is 1.08 bits per heavy atom. The molecule has 0 atom stereocenters. The number of benzene rings is 1. The largest absolute Gasteiger partial charge is 0.345 e. The molecule has 1 aromatic heterocycles. The highest BCUT2D eigenvalue weighted by molar-refractivity contribution is 5.90. The molecule has 0 unspecified atom stereocenters. The molecule has 0 saturated carbocycles. The molecule has 3 rings (SSSR count). The van der Waals surface area contributed by atoms with Crippen molar-refractivity contribution in [2.24, 2.45) is 7.05 Å². The Morgan fingerprint density at radius 3 is 2.56 bits per heavy atom. The first-order valence-corrected chi connectivity index (χ1v) is 8.86. The zero-order chi connectivity index (χ0) is 17.6. The molecule has 1 aliphatic rings. The third kappa shape index (κ3) is 4.90. The molecule has 1 aromatic carbocycles. The van der Waals surface area contributed by atoms with Gasteiger partial charge in [0.25, 0.3) is 5.91 Å². The first-order valence-electron chi connectivity index (χ1n) is 8.86. The molecule has 6 nitrogen and oxygen atoms in total. The van der Waals surface area contributed by atoms with Crippen molar-refractivity contribution < 1.29 is 4.79 Å². The van der Waals surface area contributed by atoms with Crippen LogP contribution in [0, 0.1) is 0 Å². The summed E-state index contributed by atoms with van der Waals surface area (Å²) in [4.78, 5) is 21.1. The highest BCUT2D eigenvalue weighted by atomic mass is 16.2. The summed E-state index contributed by atoms with van der Waals surface area (Å²) in [5, 5.41) is 2.92. The van der Waals surface area contributed by atoms with E-state index in [0.717, 1.165) is 31.7 Å². The van der Waals surface area contributed by atoms with Gasteiger partial charge in [-0.1, -0.05) is 24.3 Å². The number of amides is 1. The van der Waals surface area contributed by atoms with Crippen LogP contribution in [-0.2, 0) is 20.1 Å². The van der Waals surface area contributed by atoms with Crippen molar-refractivity contribution in [1.29, 1.82) is 0 Å². The van der Waals surface area contributed by atoms with Gasteiger partial charge in [0, 0.05) is 45.6 Å². The molecule has 25 heavy (non-hydrogen) atoms. The number of nitrogens with one attached hydrogen (secondary N) is 1. The summed E-state index contributed by atoms with van der Waals surface area (Å²) in [6, 6.07) is 8.52. The summed E-state index contributed by atoms with van der Waals surface area (Å²) < 4.78 is 1.72. The lowest BCUT2D eigenvalue weighted by molar-refractivity contribution is 0.0937. The van der Waals surface area contributed by atoms with Crippen molar-refractivity contribution in [3.8, 4) is 0 Å². The van der Waals surface area contributed by atoms with E-state index in [1.54, 1.807) is 17.0 Å². The van der Waals surface area contributed by atoms with Crippen molar-refractivity contribution in [3.05, 3.63) is 53.6 Å². The standard InChI is InChI=1S/C19H27N5O/c1-22-9-3-10-24(13-12-22)15-17-6-4-16(5-7-17)14-21-19(25)18-20-8-11-23(18)2/h4-8,11H,3,9-10,12-15H2,1-2H3,(H,21,25). The van der Waals surface area contributed by atoms with Crippen LogP contribution in [0.4, 0.5) is 0 Å². The first kappa shape index (κ1) is 17.6. The van der Waals surface area contributed by atoms with Gasteiger partial charge in [-0.05, 0) is 37.7 Å². The molecule has 1 amide bonds. The van der Waals surface area contributed by atoms with Gasteiger partial charge in [-0.2, -0.15) is 0 Å². The predicted molar refractivity (Wildman–Crippen MR) is 98.2 cm³/mol. The van der Waals surface area contributed by atoms with E-state index in [1.807, 2.05) is 7.05 Å². The van der Waals surface area contributed by atoms with Crippen LogP contribution in [0.1, 0.15) is 28.2 Å². The number of aryl methyl sites for hydroxylation is 1. The molecule has 0 aliphatic carbocycles. The Labute approximate surface area is 149 Å². The fourth-order valence-electron chi connectivity index (χ4n) is 3.12. The Hall–Kier alpha value is -2.18. The number of rotatable bonds is 5. The smallest absolute Gasteiger partial charge is 0.287 e. The average molecular weight is 341 g/mol. The highest BCUT2D eigenvalue weighted by Gasteiger charge is 2.13. The molecule has 0 bridgehead atoms. The van der Waals surface area contributed by atoms with Crippen LogP contribution in [0.5, 0.6) is 0 Å². The summed E-state index contributed by atoms with van der Waals surface area (Å²) in [5.41, 5.74) is 2.42. The van der Waals surface area contributed by atoms with Crippen molar-refractivity contribution >= 4 is 5.91 Å². The second-order valence-corrected chi connectivity index (χ2v) is 6.79. The van der Waals surface area contributed by atoms with Crippen LogP contribution in [0.2, 0.25) is 0 Å². The summed E-state index contributed by atoms with van der Waals surface area (Å²) in [7, 11) is 4.01. The fraction of sp³-hybridized carbons (Fsp3) is 0.474. The molecular formula is C19H27N5O. The van der Waals surface area contributed by atoms with Gasteiger partial charge in [0.2, 0.25) is 0 Å². The maximum atomic E-state index is 12.1. The van der Waals surface area contributed by atoms with Crippen LogP contribution >= 0.6 is 0 Å². The van der Waals surface area contributed by atoms with Gasteiger partial charge in [0.15, 0.2) is 5.82 Å². The third-order valence-corrected chi connectivity index (χ3v) is 4.72. The van der Waals surface area contributed by atoms with Crippen molar-refractivity contribution in [1.82, 2.24) is 24.7 Å². The van der Waals surface area contributed by atoms with Crippen LogP contribution < -0.4 is 5.32 Å². The highest BCUT2D eigenvalue weighted by Crippen LogP contribution is 2.10. The van der Waals surface area contributed by atoms with E-state index >= 15 is 0 Å². The minimum Gasteiger partial charge on any atom is -0.345 e. The van der Waals surface area contributed by atoms with Crippen LogP contribution in [-0.4, -0.2) is 58.5 Å². The molecule has 2 heterocycles. The second kappa shape index (κ2) is 8.27. The fourth-order valence-corrected chi connectivity index (χ4v) is 3.12. The Kier molecular flexibility index (Phi) is 5.83. The van der Waals surface area contributed by atoms with E-state index in [2.05, 4.69) is 51.4 Å². The normalized spacial score (nSPS) is 16.6. The first-order chi connectivity index (χ1) is 12.1. The summed E-state index contributed by atoms with van der Waals surface area (Å²) in [6.45, 7) is 6.11. The Balaban J connectivity index is 1.50. The topological polar surface area (TPSA) is 53.4 Å². The number of hydrogen-bond acceptors (Lipinski definition) is 4. The van der Waals surface area contributed by atoms with Crippen LogP contribution in [0.15, 0.2) is 36.7 Å². The lowest BCUT2D eigenvalue weighted by Crippen LogP contribution is -2.28. The summed E-state index contributed by atoms with van der Waals surface area (Å²) in [5.74, 6) is 0.285. The molecular weight excluding hydrogens is 314 g/mol. The van der Waals surface area contributed by atoms with Gasteiger partial charge in [0.1, 0.15) is 0 Å². The lowest BCUT2D eigenvalue weighted by Gasteiger charge is -2.20. The Bertz CT molecular complexity index is 694. The summed E-state index contributed by atoms with van der Waals surface area (Å²) >= 11 is 0. The van der Waals surface area contributed by atoms with E-state index < -0.39 is 0 Å². The van der Waals surface area contributed by atoms with Gasteiger partial charge >= 0.3 is 0 Å². The molecule has 1 N–H and O–H groups in total. The number of aromatic nitrogens is 2. The number of carbonyl (C=O) groups excluding carboxylic acids is 1. The number of hydrogen-bond donors (Lipinski definition) is 1. The van der Waals surface area contributed by atoms with E-state index in [-0.39, 0.29) is 5.91 Å². The average Bonchev–Trinajstić information content (AvgIpc) is 2.94. The third-order valence-electron chi connectivity index (χ3n) is 4.72. The van der Waals surface area contributed by atoms with Crippen LogP contribution in [0.25, 0.3) is 0 Å². The van der Waals surface area contributed by atoms with Crippen molar-refractivity contribution in [2.45, 2.75) is 19.5 Å². The molecule has 134 valence electrons. The molecule has 2 aromatic rings. The summed E-state index contributed by atoms with van der Waals surface area (Å²) in [6.07, 6.45) is 4.63. The quantitative estimate of drug-likeness (QED) is 0.895. The van der Waals surface area contributed by atoms with E-state index in [0.29, 0.717) is 12.4 Å². The predicted octanol–water partition coefficient (Wildman–Crippen LogP) is 1.49. The van der Waals surface area contributed by atoms with Crippen molar-refractivity contribution in [3.63, 3.8) is 0 Å². The van der Waals surface area contributed by atoms with Gasteiger partial charge in [-0.3, -0.25) is 9.69 Å². The number of carbonyl (C=O) groups is 1. The van der Waals surface area contributed by atoms with Gasteiger partial charge in [-0.25, -0.2) is 4.98 Å². The number of nitrogens with zero attached hydrogens (tertiary/aromatic N) is 4. The number of imidazole rings is 1. The van der Waals surface area contributed by atoms with Gasteiger partial charge < -0.3 is 14.8 Å². The molecule has 1 saturated heterocycles. The number of likely N-dealkylation sites (N-methyl/N-ethyl adjacent to an activating group) is 1. The maximum Gasteiger partial charge on any atom is 0.287 e. The second-order valence-electron chi connectivity index (χ2n) is 6.79. The molecule has 0 spiro atoms. The zero-order valence-corrected chi connectivity index (χ0v) is 15.1. The van der Waals surface area contributed by atoms with E-state index in [9.17, 15) is 4.79 Å². The van der Waals surface area contributed by atoms with Crippen LogP contribution in [0.3, 0.4) is 0 Å². The zero-order valence-electron chi connectivity index (χ0n) is 15.1. The maximum absolute atomic E-state index is 12.1. The molecule has 1 aliphatic heterocycles. The lowest BCUT2D eigenvalue weighted by atomic mass is 10.1.